The number of carbonyl (C=O) groups is 1. The highest BCUT2D eigenvalue weighted by atomic mass is 16.5. The molecule has 1 fully saturated rings. The van der Waals surface area contributed by atoms with Crippen LogP contribution >= 0.6 is 0 Å². The first kappa shape index (κ1) is 28.7. The van der Waals surface area contributed by atoms with E-state index in [1.807, 2.05) is 60.7 Å². The first-order valence-corrected chi connectivity index (χ1v) is 14.1. The fraction of sp³-hybridized carbons (Fsp3) is 0.379. The SMILES string of the molecule is CCCN(CCCNc1ncc(C#N)c(NC2COC2)n1)N(C(=O)NCc1ccccc1)c1ccc2nn(C)cc2n1. The van der Waals surface area contributed by atoms with Gasteiger partial charge in [-0.15, -0.1) is 0 Å². The molecule has 4 heterocycles. The lowest BCUT2D eigenvalue weighted by Gasteiger charge is -2.34. The van der Waals surface area contributed by atoms with E-state index in [1.54, 1.807) is 9.69 Å². The Morgan fingerprint density at radius 1 is 1.14 bits per heavy atom. The largest absolute Gasteiger partial charge is 0.377 e. The minimum absolute atomic E-state index is 0.140. The number of nitrogens with one attached hydrogen (secondary N) is 3. The number of pyridine rings is 1. The van der Waals surface area contributed by atoms with Crippen LogP contribution in [0, 0.1) is 11.3 Å². The van der Waals surface area contributed by atoms with E-state index in [-0.39, 0.29) is 12.1 Å². The number of nitrogens with zero attached hydrogens (tertiary/aromatic N) is 8. The van der Waals surface area contributed by atoms with Gasteiger partial charge >= 0.3 is 6.03 Å². The van der Waals surface area contributed by atoms with E-state index >= 15 is 0 Å². The van der Waals surface area contributed by atoms with E-state index in [0.29, 0.717) is 74.5 Å². The topological polar surface area (TPSA) is 149 Å². The predicted octanol–water partition coefficient (Wildman–Crippen LogP) is 3.29. The van der Waals surface area contributed by atoms with E-state index in [0.717, 1.165) is 17.5 Å². The molecular formula is C29H35N11O2. The molecule has 2 amide bonds. The molecular weight excluding hydrogens is 534 g/mol. The fourth-order valence-electron chi connectivity index (χ4n) is 4.56. The van der Waals surface area contributed by atoms with Gasteiger partial charge in [0.15, 0.2) is 5.82 Å². The third kappa shape index (κ3) is 7.09. The predicted molar refractivity (Wildman–Crippen MR) is 160 cm³/mol. The van der Waals surface area contributed by atoms with Gasteiger partial charge in [0.25, 0.3) is 0 Å². The average Bonchev–Trinajstić information content (AvgIpc) is 3.36. The molecule has 1 saturated heterocycles. The van der Waals surface area contributed by atoms with Crippen molar-refractivity contribution in [3.63, 3.8) is 0 Å². The first-order chi connectivity index (χ1) is 20.5. The number of fused-ring (bicyclic) bond motifs is 1. The maximum atomic E-state index is 13.7. The molecule has 13 nitrogen and oxygen atoms in total. The molecule has 1 aromatic carbocycles. The minimum atomic E-state index is -0.262. The second kappa shape index (κ2) is 13.7. The summed E-state index contributed by atoms with van der Waals surface area (Å²) in [5, 5.41) is 27.0. The normalized spacial score (nSPS) is 13.0. The zero-order chi connectivity index (χ0) is 29.3. The van der Waals surface area contributed by atoms with Crippen LogP contribution in [0.1, 0.15) is 30.9 Å². The number of benzene rings is 1. The maximum Gasteiger partial charge on any atom is 0.338 e. The van der Waals surface area contributed by atoms with E-state index in [4.69, 9.17) is 9.72 Å². The second-order valence-electron chi connectivity index (χ2n) is 10.0. The lowest BCUT2D eigenvalue weighted by Crippen LogP contribution is -2.52. The molecule has 0 radical (unpaired) electrons. The molecule has 1 aliphatic rings. The van der Waals surface area contributed by atoms with Gasteiger partial charge in [0, 0.05) is 33.2 Å². The average molecular weight is 570 g/mol. The van der Waals surface area contributed by atoms with Crippen LogP contribution in [0.4, 0.5) is 22.4 Å². The summed E-state index contributed by atoms with van der Waals surface area (Å²) in [7, 11) is 1.85. The van der Waals surface area contributed by atoms with E-state index in [9.17, 15) is 10.1 Å². The summed E-state index contributed by atoms with van der Waals surface area (Å²) in [5.74, 6) is 1.45. The Balaban J connectivity index is 1.28. The van der Waals surface area contributed by atoms with Gasteiger partial charge in [-0.2, -0.15) is 15.3 Å². The highest BCUT2D eigenvalue weighted by Gasteiger charge is 2.25. The highest BCUT2D eigenvalue weighted by molar-refractivity contribution is 5.91. The Kier molecular flexibility index (Phi) is 9.37. The monoisotopic (exact) mass is 569 g/mol. The van der Waals surface area contributed by atoms with Gasteiger partial charge in [-0.05, 0) is 30.5 Å². The molecule has 3 N–H and O–H groups in total. The van der Waals surface area contributed by atoms with Crippen LogP contribution in [-0.2, 0) is 18.3 Å². The number of hydrogen-bond acceptors (Lipinski definition) is 10. The maximum absolute atomic E-state index is 13.7. The van der Waals surface area contributed by atoms with Crippen LogP contribution in [0.5, 0.6) is 0 Å². The molecule has 1 aliphatic heterocycles. The number of amides is 2. The summed E-state index contributed by atoms with van der Waals surface area (Å²) in [4.78, 5) is 27.2. The molecule has 5 rings (SSSR count). The summed E-state index contributed by atoms with van der Waals surface area (Å²) in [6, 6.07) is 15.5. The van der Waals surface area contributed by atoms with E-state index in [1.165, 1.54) is 6.20 Å². The van der Waals surface area contributed by atoms with Gasteiger partial charge in [-0.1, -0.05) is 37.3 Å². The van der Waals surface area contributed by atoms with E-state index < -0.39 is 0 Å². The van der Waals surface area contributed by atoms with Crippen LogP contribution in [0.3, 0.4) is 0 Å². The van der Waals surface area contributed by atoms with Crippen molar-refractivity contribution < 1.29 is 9.53 Å². The summed E-state index contributed by atoms with van der Waals surface area (Å²) in [6.45, 7) is 5.43. The lowest BCUT2D eigenvalue weighted by molar-refractivity contribution is 0.0209. The van der Waals surface area contributed by atoms with E-state index in [2.05, 4.69) is 44.0 Å². The standard InChI is InChI=1S/C29H35N11O2/c1-3-13-39(14-7-12-31-28-32-17-22(15-30)27(36-28)34-23-19-42-20-23)40(29(41)33-16-21-8-5-4-6-9-21)26-11-10-24-25(35-26)18-38(2)37-24/h4-6,8-11,17-18,23H,3,7,12-14,16,19-20H2,1-2H3,(H,33,41)(H2,31,32,34,36). The van der Waals surface area contributed by atoms with Crippen molar-refractivity contribution >= 4 is 34.6 Å². The van der Waals surface area contributed by atoms with Crippen LogP contribution < -0.4 is 21.0 Å². The minimum Gasteiger partial charge on any atom is -0.377 e. The molecule has 42 heavy (non-hydrogen) atoms. The van der Waals surface area contributed by atoms with Crippen LogP contribution in [0.25, 0.3) is 11.0 Å². The smallest absolute Gasteiger partial charge is 0.338 e. The van der Waals surface area contributed by atoms with Crippen molar-refractivity contribution in [3.05, 3.63) is 66.0 Å². The van der Waals surface area contributed by atoms with Crippen molar-refractivity contribution in [2.24, 2.45) is 7.05 Å². The lowest BCUT2D eigenvalue weighted by atomic mass is 10.2. The molecule has 0 bridgehead atoms. The Bertz CT molecular complexity index is 1530. The number of ether oxygens (including phenoxy) is 1. The van der Waals surface area contributed by atoms with Crippen molar-refractivity contribution in [3.8, 4) is 6.07 Å². The van der Waals surface area contributed by atoms with Crippen molar-refractivity contribution in [1.29, 1.82) is 5.26 Å². The Morgan fingerprint density at radius 2 is 1.98 bits per heavy atom. The Morgan fingerprint density at radius 3 is 2.71 bits per heavy atom. The number of urea groups is 1. The van der Waals surface area contributed by atoms with Crippen molar-refractivity contribution in [1.82, 2.24) is 35.1 Å². The summed E-state index contributed by atoms with van der Waals surface area (Å²) in [5.41, 5.74) is 2.87. The van der Waals surface area contributed by atoms with Gasteiger partial charge < -0.3 is 20.7 Å². The quantitative estimate of drug-likeness (QED) is 0.162. The fourth-order valence-corrected chi connectivity index (χ4v) is 4.56. The number of anilines is 3. The molecule has 218 valence electrons. The number of aromatic nitrogens is 5. The molecule has 0 spiro atoms. The summed E-state index contributed by atoms with van der Waals surface area (Å²) in [6.07, 6.45) is 4.88. The number of hydrazine groups is 1. The van der Waals surface area contributed by atoms with Gasteiger partial charge in [-0.25, -0.2) is 24.8 Å². The Hall–Kier alpha value is -4.80. The second-order valence-corrected chi connectivity index (χ2v) is 10.0. The molecule has 0 unspecified atom stereocenters. The summed E-state index contributed by atoms with van der Waals surface area (Å²) < 4.78 is 6.92. The van der Waals surface area contributed by atoms with Crippen LogP contribution in [-0.4, -0.2) is 74.7 Å². The molecule has 3 aromatic heterocycles. The van der Waals surface area contributed by atoms with Gasteiger partial charge in [0.1, 0.15) is 28.5 Å². The Labute approximate surface area is 244 Å². The van der Waals surface area contributed by atoms with Crippen LogP contribution in [0.2, 0.25) is 0 Å². The summed E-state index contributed by atoms with van der Waals surface area (Å²) >= 11 is 0. The third-order valence-corrected chi connectivity index (χ3v) is 6.69. The zero-order valence-corrected chi connectivity index (χ0v) is 23.8. The number of nitriles is 1. The molecule has 13 heteroatoms. The van der Waals surface area contributed by atoms with Gasteiger partial charge in [0.2, 0.25) is 5.95 Å². The third-order valence-electron chi connectivity index (χ3n) is 6.69. The highest BCUT2D eigenvalue weighted by Crippen LogP contribution is 2.20. The molecule has 4 aromatic rings. The number of aryl methyl sites for hydroxylation is 1. The zero-order valence-electron chi connectivity index (χ0n) is 23.8. The molecule has 0 aliphatic carbocycles. The molecule has 0 atom stereocenters. The van der Waals surface area contributed by atoms with Crippen LogP contribution in [0.15, 0.2) is 54.9 Å². The number of carbonyl (C=O) groups excluding carboxylic acids is 1. The van der Waals surface area contributed by atoms with Crippen molar-refractivity contribution in [2.75, 3.05) is 48.5 Å². The number of rotatable bonds is 13. The van der Waals surface area contributed by atoms with Gasteiger partial charge in [0.05, 0.1) is 31.6 Å². The van der Waals surface area contributed by atoms with Crippen molar-refractivity contribution in [2.45, 2.75) is 32.4 Å². The molecule has 0 saturated carbocycles. The van der Waals surface area contributed by atoms with Gasteiger partial charge in [-0.3, -0.25) is 4.68 Å². The number of hydrogen-bond donors (Lipinski definition) is 3. The first-order valence-electron chi connectivity index (χ1n) is 14.1.